The first kappa shape index (κ1) is 14.1. The molecule has 108 valence electrons. The molecule has 0 saturated carbocycles. The molecule has 1 amide bonds. The molecule has 0 aliphatic carbocycles. The van der Waals surface area contributed by atoms with Gasteiger partial charge in [-0.2, -0.15) is 0 Å². The van der Waals surface area contributed by atoms with E-state index >= 15 is 0 Å². The SMILES string of the molecule is Cc1cc(NC(=O)C2CCOc3ccccc32)ccc1Br. The van der Waals surface area contributed by atoms with Gasteiger partial charge in [-0.15, -0.1) is 0 Å². The highest BCUT2D eigenvalue weighted by molar-refractivity contribution is 9.10. The average Bonchev–Trinajstić information content (AvgIpc) is 2.50. The number of aryl methyl sites for hydroxylation is 1. The van der Waals surface area contributed by atoms with Crippen LogP contribution in [0.3, 0.4) is 0 Å². The van der Waals surface area contributed by atoms with Gasteiger partial charge in [0.05, 0.1) is 12.5 Å². The van der Waals surface area contributed by atoms with Gasteiger partial charge < -0.3 is 10.1 Å². The van der Waals surface area contributed by atoms with Crippen molar-refractivity contribution in [1.82, 2.24) is 0 Å². The Balaban J connectivity index is 1.81. The molecule has 4 heteroatoms. The molecule has 1 unspecified atom stereocenters. The number of carbonyl (C=O) groups is 1. The summed E-state index contributed by atoms with van der Waals surface area (Å²) >= 11 is 3.46. The van der Waals surface area contributed by atoms with Crippen LogP contribution in [0.5, 0.6) is 5.75 Å². The Hall–Kier alpha value is -1.81. The Morgan fingerprint density at radius 3 is 2.90 bits per heavy atom. The number of fused-ring (bicyclic) bond motifs is 1. The predicted molar refractivity (Wildman–Crippen MR) is 86.8 cm³/mol. The number of carbonyl (C=O) groups excluding carboxylic acids is 1. The first-order valence-corrected chi connectivity index (χ1v) is 7.73. The molecule has 3 nitrogen and oxygen atoms in total. The second-order valence-electron chi connectivity index (χ2n) is 5.18. The molecule has 1 atom stereocenters. The molecular weight excluding hydrogens is 330 g/mol. The van der Waals surface area contributed by atoms with Gasteiger partial charge in [-0.05, 0) is 43.2 Å². The summed E-state index contributed by atoms with van der Waals surface area (Å²) < 4.78 is 6.64. The van der Waals surface area contributed by atoms with Crippen LogP contribution in [0.4, 0.5) is 5.69 Å². The zero-order chi connectivity index (χ0) is 14.8. The zero-order valence-electron chi connectivity index (χ0n) is 11.7. The number of halogens is 1. The van der Waals surface area contributed by atoms with Crippen LogP contribution in [0.1, 0.15) is 23.5 Å². The van der Waals surface area contributed by atoms with Gasteiger partial charge in [-0.1, -0.05) is 34.1 Å². The van der Waals surface area contributed by atoms with Crippen molar-refractivity contribution in [3.63, 3.8) is 0 Å². The monoisotopic (exact) mass is 345 g/mol. The molecule has 1 heterocycles. The maximum absolute atomic E-state index is 12.5. The molecule has 1 N–H and O–H groups in total. The molecule has 2 aromatic rings. The van der Waals surface area contributed by atoms with Gasteiger partial charge >= 0.3 is 0 Å². The summed E-state index contributed by atoms with van der Waals surface area (Å²) in [5.41, 5.74) is 2.89. The van der Waals surface area contributed by atoms with E-state index in [0.717, 1.165) is 27.0 Å². The molecule has 0 saturated heterocycles. The second-order valence-corrected chi connectivity index (χ2v) is 6.04. The van der Waals surface area contributed by atoms with Crippen LogP contribution < -0.4 is 10.1 Å². The Morgan fingerprint density at radius 2 is 2.10 bits per heavy atom. The lowest BCUT2D eigenvalue weighted by molar-refractivity contribution is -0.118. The number of ether oxygens (including phenoxy) is 1. The summed E-state index contributed by atoms with van der Waals surface area (Å²) in [5, 5.41) is 3.01. The number of anilines is 1. The topological polar surface area (TPSA) is 38.3 Å². The molecule has 0 fully saturated rings. The number of amides is 1. The first-order chi connectivity index (χ1) is 10.1. The third-order valence-corrected chi connectivity index (χ3v) is 4.59. The van der Waals surface area contributed by atoms with Crippen molar-refractivity contribution in [2.24, 2.45) is 0 Å². The maximum atomic E-state index is 12.5. The van der Waals surface area contributed by atoms with Gasteiger partial charge in [0, 0.05) is 15.7 Å². The van der Waals surface area contributed by atoms with Crippen LogP contribution >= 0.6 is 15.9 Å². The molecular formula is C17H16BrNO2. The lowest BCUT2D eigenvalue weighted by Crippen LogP contribution is -2.26. The van der Waals surface area contributed by atoms with E-state index in [1.165, 1.54) is 0 Å². The standard InChI is InChI=1S/C17H16BrNO2/c1-11-10-12(6-7-15(11)18)19-17(20)14-8-9-21-16-5-3-2-4-13(14)16/h2-7,10,14H,8-9H2,1H3,(H,19,20). The van der Waals surface area contributed by atoms with Crippen molar-refractivity contribution < 1.29 is 9.53 Å². The van der Waals surface area contributed by atoms with E-state index in [1.54, 1.807) is 0 Å². The molecule has 0 aromatic heterocycles. The molecule has 1 aliphatic rings. The minimum atomic E-state index is -0.154. The van der Waals surface area contributed by atoms with Crippen LogP contribution in [-0.2, 0) is 4.79 Å². The van der Waals surface area contributed by atoms with Gasteiger partial charge in [-0.3, -0.25) is 4.79 Å². The van der Waals surface area contributed by atoms with Crippen LogP contribution in [0.15, 0.2) is 46.9 Å². The van der Waals surface area contributed by atoms with E-state index in [4.69, 9.17) is 4.74 Å². The summed E-state index contributed by atoms with van der Waals surface area (Å²) in [5.74, 6) is 0.683. The summed E-state index contributed by atoms with van der Waals surface area (Å²) in [7, 11) is 0. The van der Waals surface area contributed by atoms with Gasteiger partial charge in [0.1, 0.15) is 5.75 Å². The Bertz CT molecular complexity index is 684. The van der Waals surface area contributed by atoms with Crippen molar-refractivity contribution in [2.45, 2.75) is 19.3 Å². The normalized spacial score (nSPS) is 16.8. The van der Waals surface area contributed by atoms with E-state index in [-0.39, 0.29) is 11.8 Å². The first-order valence-electron chi connectivity index (χ1n) is 6.94. The molecule has 0 radical (unpaired) electrons. The van der Waals surface area contributed by atoms with Gasteiger partial charge in [0.2, 0.25) is 5.91 Å². The Labute approximate surface area is 132 Å². The van der Waals surface area contributed by atoms with Crippen molar-refractivity contribution in [1.29, 1.82) is 0 Å². The number of hydrogen-bond donors (Lipinski definition) is 1. The highest BCUT2D eigenvalue weighted by Gasteiger charge is 2.27. The third-order valence-electron chi connectivity index (χ3n) is 3.70. The third kappa shape index (κ3) is 2.95. The summed E-state index contributed by atoms with van der Waals surface area (Å²) in [6.45, 7) is 2.58. The van der Waals surface area contributed by atoms with Gasteiger partial charge in [-0.25, -0.2) is 0 Å². The largest absolute Gasteiger partial charge is 0.493 e. The fourth-order valence-corrected chi connectivity index (χ4v) is 2.81. The molecule has 3 rings (SSSR count). The van der Waals surface area contributed by atoms with Gasteiger partial charge in [0.15, 0.2) is 0 Å². The summed E-state index contributed by atoms with van der Waals surface area (Å²) in [6, 6.07) is 13.6. The van der Waals surface area contributed by atoms with Gasteiger partial charge in [0.25, 0.3) is 0 Å². The lowest BCUT2D eigenvalue weighted by atomic mass is 9.92. The number of benzene rings is 2. The van der Waals surface area contributed by atoms with Crippen LogP contribution in [0.2, 0.25) is 0 Å². The van der Waals surface area contributed by atoms with Crippen LogP contribution in [-0.4, -0.2) is 12.5 Å². The molecule has 0 bridgehead atoms. The minimum Gasteiger partial charge on any atom is -0.493 e. The summed E-state index contributed by atoms with van der Waals surface area (Å²) in [4.78, 5) is 12.5. The van der Waals surface area contributed by atoms with Crippen LogP contribution in [0, 0.1) is 6.92 Å². The van der Waals surface area contributed by atoms with Crippen molar-refractivity contribution >= 4 is 27.5 Å². The highest BCUT2D eigenvalue weighted by atomic mass is 79.9. The number of rotatable bonds is 2. The minimum absolute atomic E-state index is 0.0208. The number of para-hydroxylation sites is 1. The average molecular weight is 346 g/mol. The fraction of sp³-hybridized carbons (Fsp3) is 0.235. The van der Waals surface area contributed by atoms with Crippen molar-refractivity contribution in [3.05, 3.63) is 58.1 Å². The van der Waals surface area contributed by atoms with E-state index in [1.807, 2.05) is 49.4 Å². The smallest absolute Gasteiger partial charge is 0.232 e. The van der Waals surface area contributed by atoms with Crippen molar-refractivity contribution in [2.75, 3.05) is 11.9 Å². The molecule has 2 aromatic carbocycles. The lowest BCUT2D eigenvalue weighted by Gasteiger charge is -2.25. The Kier molecular flexibility index (Phi) is 3.97. The fourth-order valence-electron chi connectivity index (χ4n) is 2.57. The van der Waals surface area contributed by atoms with E-state index in [9.17, 15) is 4.79 Å². The number of nitrogens with one attached hydrogen (secondary N) is 1. The summed E-state index contributed by atoms with van der Waals surface area (Å²) in [6.07, 6.45) is 0.707. The highest BCUT2D eigenvalue weighted by Crippen LogP contribution is 2.34. The second kappa shape index (κ2) is 5.90. The van der Waals surface area contributed by atoms with E-state index < -0.39 is 0 Å². The zero-order valence-corrected chi connectivity index (χ0v) is 13.3. The maximum Gasteiger partial charge on any atom is 0.232 e. The van der Waals surface area contributed by atoms with Crippen LogP contribution in [0.25, 0.3) is 0 Å². The van der Waals surface area contributed by atoms with E-state index in [2.05, 4.69) is 21.2 Å². The molecule has 0 spiro atoms. The molecule has 1 aliphatic heterocycles. The van der Waals surface area contributed by atoms with E-state index in [0.29, 0.717) is 13.0 Å². The quantitative estimate of drug-likeness (QED) is 0.882. The predicted octanol–water partition coefficient (Wildman–Crippen LogP) is 4.26. The Morgan fingerprint density at radius 1 is 1.29 bits per heavy atom. The van der Waals surface area contributed by atoms with Crippen molar-refractivity contribution in [3.8, 4) is 5.75 Å². The number of hydrogen-bond acceptors (Lipinski definition) is 2. The molecule has 21 heavy (non-hydrogen) atoms.